The molecule has 0 fully saturated rings. The number of allylic oxidation sites excluding steroid dienone is 2. The van der Waals surface area contributed by atoms with Gasteiger partial charge in [-0.15, -0.1) is 0 Å². The fourth-order valence-electron chi connectivity index (χ4n) is 7.53. The number of carboxylic acid groups (broad SMARTS) is 2. The highest BCUT2D eigenvalue weighted by molar-refractivity contribution is 5.93. The third-order valence-corrected chi connectivity index (χ3v) is 10.1. The van der Waals surface area contributed by atoms with Crippen LogP contribution in [-0.2, 0) is 33.3 Å². The van der Waals surface area contributed by atoms with Crippen molar-refractivity contribution in [3.05, 3.63) is 141 Å². The van der Waals surface area contributed by atoms with Crippen molar-refractivity contribution in [1.29, 1.82) is 11.0 Å². The first-order valence-electron chi connectivity index (χ1n) is 16.6. The van der Waals surface area contributed by atoms with E-state index in [1.165, 1.54) is 0 Å². The van der Waals surface area contributed by atoms with Crippen LogP contribution in [-0.4, -0.2) is 22.2 Å². The van der Waals surface area contributed by atoms with Crippen LogP contribution >= 0.6 is 0 Å². The Kier molecular flexibility index (Phi) is 7.40. The number of hydrogen-bond acceptors (Lipinski definition) is 8. The Morgan fingerprint density at radius 2 is 1.08 bits per heavy atom. The smallest absolute Gasteiger partial charge is 0.319 e. The lowest BCUT2D eigenvalue weighted by atomic mass is 9.65. The molecule has 0 amide bonds. The number of fused-ring (bicyclic) bond motifs is 2. The van der Waals surface area contributed by atoms with E-state index in [2.05, 4.69) is 21.3 Å². The Morgan fingerprint density at radius 3 is 1.44 bits per heavy atom. The van der Waals surface area contributed by atoms with Crippen molar-refractivity contribution in [2.75, 3.05) is 0 Å². The van der Waals surface area contributed by atoms with E-state index in [0.29, 0.717) is 57.6 Å². The lowest BCUT2D eigenvalue weighted by Gasteiger charge is -2.37. The molecule has 242 valence electrons. The first kappa shape index (κ1) is 29.5. The van der Waals surface area contributed by atoms with Crippen molar-refractivity contribution in [1.82, 2.24) is 0 Å². The van der Waals surface area contributed by atoms with Gasteiger partial charge in [0.15, 0.2) is 0 Å². The van der Waals surface area contributed by atoms with Gasteiger partial charge in [0.2, 0.25) is 2.82 Å². The number of benzene rings is 4. The van der Waals surface area contributed by atoms with Gasteiger partial charge in [-0.3, -0.25) is 9.59 Å². The van der Waals surface area contributed by atoms with Crippen molar-refractivity contribution < 1.29 is 22.6 Å². The molecule has 0 saturated heterocycles. The maximum atomic E-state index is 13.3. The predicted octanol–water partition coefficient (Wildman–Crippen LogP) is 7.34. The zero-order chi connectivity index (χ0) is 35.8. The fourth-order valence-corrected chi connectivity index (χ4v) is 7.53. The molecular weight excluding hydrogens is 604 g/mol. The molecule has 2 atom stereocenters. The van der Waals surface area contributed by atoms with Gasteiger partial charge >= 0.3 is 11.9 Å². The van der Waals surface area contributed by atoms with Gasteiger partial charge in [0.25, 0.3) is 0 Å². The Morgan fingerprint density at radius 1 is 0.688 bits per heavy atom. The molecule has 6 rings (SSSR count). The highest BCUT2D eigenvalue weighted by Crippen LogP contribution is 2.49. The third kappa shape index (κ3) is 4.55. The Labute approximate surface area is 280 Å². The molecule has 0 heterocycles. The third-order valence-electron chi connectivity index (χ3n) is 10.1. The summed E-state index contributed by atoms with van der Waals surface area (Å²) < 4.78 is 14.7. The molecule has 0 saturated carbocycles. The summed E-state index contributed by atoms with van der Waals surface area (Å²) in [6.45, 7) is 4.00. The number of aliphatic carboxylic acids is 2. The van der Waals surface area contributed by atoms with Crippen molar-refractivity contribution in [3.8, 4) is 11.1 Å². The topological polar surface area (TPSA) is 199 Å². The molecule has 48 heavy (non-hydrogen) atoms. The van der Waals surface area contributed by atoms with Gasteiger partial charge < -0.3 is 21.7 Å². The van der Waals surface area contributed by atoms with Crippen LogP contribution in [0.3, 0.4) is 0 Å². The van der Waals surface area contributed by atoms with Gasteiger partial charge in [0.1, 0.15) is 10.8 Å². The second-order valence-electron chi connectivity index (χ2n) is 12.2. The van der Waals surface area contributed by atoms with Gasteiger partial charge in [0.05, 0.1) is 22.8 Å². The highest BCUT2D eigenvalue weighted by atomic mass is 16.4. The number of carboxylic acids is 2. The van der Waals surface area contributed by atoms with Crippen LogP contribution in [0.15, 0.2) is 107 Å². The van der Waals surface area contributed by atoms with Crippen LogP contribution in [0.1, 0.15) is 71.2 Å². The second-order valence-corrected chi connectivity index (χ2v) is 12.2. The van der Waals surface area contributed by atoms with Crippen LogP contribution in [0.5, 0.6) is 0 Å². The monoisotopic (exact) mass is 640 g/mol. The van der Waals surface area contributed by atoms with E-state index in [4.69, 9.17) is 14.3 Å². The molecule has 8 N–H and O–H groups in total. The average molecular weight is 641 g/mol. The average Bonchev–Trinajstić information content (AvgIpc) is 3.13. The summed E-state index contributed by atoms with van der Waals surface area (Å²) >= 11 is 0. The summed E-state index contributed by atoms with van der Waals surface area (Å²) in [6.07, 6.45) is 1.01. The summed E-state index contributed by atoms with van der Waals surface area (Å²) in [4.78, 5) is 26.7. The van der Waals surface area contributed by atoms with E-state index in [9.17, 15) is 19.8 Å². The summed E-state index contributed by atoms with van der Waals surface area (Å²) in [5.41, 5.74) is 24.0. The molecule has 2 aliphatic carbocycles. The van der Waals surface area contributed by atoms with Gasteiger partial charge in [-0.1, -0.05) is 98.8 Å². The summed E-state index contributed by atoms with van der Waals surface area (Å²) in [7, 11) is 0. The molecule has 0 aliphatic heterocycles. The fraction of sp³-hybridized carbons (Fsp3) is 0.211. The number of nitrogens with zero attached hydrogens (tertiary/aromatic N) is 2. The molecule has 10 nitrogen and oxygen atoms in total. The molecule has 0 aromatic heterocycles. The summed E-state index contributed by atoms with van der Waals surface area (Å²) in [5, 5.41) is 29.6. The van der Waals surface area contributed by atoms with Crippen molar-refractivity contribution in [2.45, 2.75) is 50.4 Å². The van der Waals surface area contributed by atoms with Gasteiger partial charge in [0, 0.05) is 24.0 Å². The van der Waals surface area contributed by atoms with E-state index in [0.717, 1.165) is 22.3 Å². The Balaban J connectivity index is 1.51. The van der Waals surface area contributed by atoms with Crippen LogP contribution in [0.4, 0.5) is 0 Å². The minimum Gasteiger partial charge on any atom is -0.480 e. The van der Waals surface area contributed by atoms with E-state index in [1.807, 2.05) is 50.2 Å². The molecule has 0 radical (unpaired) electrons. The molecule has 4 aromatic carbocycles. The normalized spacial score (nSPS) is 21.2. The largest absolute Gasteiger partial charge is 0.480 e. The maximum Gasteiger partial charge on any atom is 0.319 e. The van der Waals surface area contributed by atoms with Crippen molar-refractivity contribution in [2.24, 2.45) is 21.7 Å². The zero-order valence-electron chi connectivity index (χ0n) is 28.6. The molecule has 10 heteroatoms. The number of rotatable bonds is 9. The zero-order valence-corrected chi connectivity index (χ0v) is 26.6. The second kappa shape index (κ2) is 12.0. The standard InChI is InChI=1S/C38H36N6O4/c1-3-21-17-23(37(35(45)46)19-31(43-41)33(39)27-9-5-7-11-29(27)37)13-15-25(21)26-16-14-24(18-22(26)4-2)38(36(47)48)20-32(44-42)34(40)28-10-6-8-12-30(28)38/h5-18,41-42H,3-4,19-20,39-40H2,1-2H3,(H,45,46)(H,47,48)/b43-41+,44-42+. The van der Waals surface area contributed by atoms with Crippen LogP contribution < -0.4 is 11.5 Å². The van der Waals surface area contributed by atoms with Gasteiger partial charge in [-0.25, -0.2) is 11.0 Å². The van der Waals surface area contributed by atoms with Crippen molar-refractivity contribution >= 4 is 23.3 Å². The molecular formula is C38H36N6O4. The van der Waals surface area contributed by atoms with E-state index in [1.54, 1.807) is 48.5 Å². The SMILES string of the molecule is [H]/N=N/C1=C(N)c2ccccc2C(C(=O)O)(c2ccc(-c3ccc(C4(C(=O)O)CC(/N=N/[H])=C(N)c5ccccc54)cc3CC)c(CC)c2)C1. The lowest BCUT2D eigenvalue weighted by Crippen LogP contribution is -2.41. The number of aryl methyl sites for hydroxylation is 2. The van der Waals surface area contributed by atoms with Crippen molar-refractivity contribution in [3.63, 3.8) is 0 Å². The highest BCUT2D eigenvalue weighted by Gasteiger charge is 2.49. The summed E-state index contributed by atoms with van der Waals surface area (Å²) in [5.74, 6) is -2.15. The van der Waals surface area contributed by atoms with Crippen LogP contribution in [0.25, 0.3) is 22.5 Å². The maximum absolute atomic E-state index is 13.3. The van der Waals surface area contributed by atoms with Crippen LogP contribution in [0, 0.1) is 11.0 Å². The van der Waals surface area contributed by atoms with E-state index >= 15 is 0 Å². The number of carbonyl (C=O) groups is 2. The molecule has 2 unspecified atom stereocenters. The number of hydrogen-bond donors (Lipinski definition) is 6. The number of nitrogens with one attached hydrogen (secondary N) is 2. The summed E-state index contributed by atoms with van der Waals surface area (Å²) in [6, 6.07) is 25.4. The Hall–Kier alpha value is -5.90. The first-order valence-corrected chi connectivity index (χ1v) is 15.7. The molecule has 4 aromatic rings. The van der Waals surface area contributed by atoms with Gasteiger partial charge in [-0.05, 0) is 57.3 Å². The minimum atomic E-state index is -1.53. The molecule has 2 aliphatic rings. The lowest BCUT2D eigenvalue weighted by molar-refractivity contribution is -0.143. The molecule has 0 spiro atoms. The predicted molar refractivity (Wildman–Crippen MR) is 182 cm³/mol. The first-order chi connectivity index (χ1) is 24.1. The minimum absolute atomic E-state index is 0.0789. The van der Waals surface area contributed by atoms with Crippen LogP contribution in [0.2, 0.25) is 2.82 Å². The van der Waals surface area contributed by atoms with E-state index < -0.39 is 22.8 Å². The quantitative estimate of drug-likeness (QED) is 0.103. The Bertz CT molecular complexity index is 2030. The molecule has 0 bridgehead atoms. The van der Waals surface area contributed by atoms with E-state index in [-0.39, 0.29) is 24.2 Å². The number of nitrogens with two attached hydrogens (primary N) is 2. The van der Waals surface area contributed by atoms with Gasteiger partial charge in [-0.2, -0.15) is 10.2 Å².